The molecule has 0 saturated carbocycles. The number of nitrogens with zero attached hydrogens (tertiary/aromatic N) is 2. The topological polar surface area (TPSA) is 107 Å². The van der Waals surface area contributed by atoms with Gasteiger partial charge in [0.05, 0.1) is 36.6 Å². The van der Waals surface area contributed by atoms with Crippen LogP contribution in [-0.2, 0) is 16.1 Å². The molecule has 0 amide bonds. The quantitative estimate of drug-likeness (QED) is 0.259. The van der Waals surface area contributed by atoms with Gasteiger partial charge in [-0.1, -0.05) is 41.7 Å². The summed E-state index contributed by atoms with van der Waals surface area (Å²) in [4.78, 5) is 32.3. The van der Waals surface area contributed by atoms with Crippen LogP contribution in [0.2, 0.25) is 0 Å². The highest BCUT2D eigenvalue weighted by Gasteiger charge is 2.35. The maximum absolute atomic E-state index is 14.0. The molecular formula is C33H30N2O8S. The van der Waals surface area contributed by atoms with E-state index in [1.165, 1.54) is 15.9 Å². The third kappa shape index (κ3) is 5.42. The number of hydrogen-bond acceptors (Lipinski definition) is 10. The highest BCUT2D eigenvalue weighted by atomic mass is 32.1. The highest BCUT2D eigenvalue weighted by molar-refractivity contribution is 7.07. The molecule has 0 bridgehead atoms. The second-order valence-corrected chi connectivity index (χ2v) is 10.9. The molecule has 1 atom stereocenters. The molecule has 10 nitrogen and oxygen atoms in total. The van der Waals surface area contributed by atoms with E-state index < -0.39 is 12.0 Å². The third-order valence-corrected chi connectivity index (χ3v) is 8.25. The summed E-state index contributed by atoms with van der Waals surface area (Å²) in [5, 5.41) is 0. The van der Waals surface area contributed by atoms with Gasteiger partial charge >= 0.3 is 5.97 Å². The van der Waals surface area contributed by atoms with E-state index in [-0.39, 0.29) is 19.0 Å². The molecule has 0 saturated heterocycles. The van der Waals surface area contributed by atoms with E-state index in [4.69, 9.17) is 28.4 Å². The summed E-state index contributed by atoms with van der Waals surface area (Å²) in [6.45, 7) is 4.19. The normalized spacial score (nSPS) is 15.5. The van der Waals surface area contributed by atoms with E-state index in [1.54, 1.807) is 52.3 Å². The lowest BCUT2D eigenvalue weighted by Gasteiger charge is -2.25. The van der Waals surface area contributed by atoms with E-state index in [0.29, 0.717) is 61.5 Å². The predicted octanol–water partition coefficient (Wildman–Crippen LogP) is 4.12. The molecule has 3 aromatic carbocycles. The Hall–Kier alpha value is -5.03. The smallest absolute Gasteiger partial charge is 0.338 e. The van der Waals surface area contributed by atoms with Gasteiger partial charge in [0.15, 0.2) is 27.8 Å². The lowest BCUT2D eigenvalue weighted by molar-refractivity contribution is -0.139. The molecule has 0 N–H and O–H groups in total. The van der Waals surface area contributed by atoms with Crippen molar-refractivity contribution in [3.8, 4) is 28.7 Å². The maximum Gasteiger partial charge on any atom is 0.338 e. The molecule has 1 aromatic heterocycles. The van der Waals surface area contributed by atoms with Crippen LogP contribution in [0.3, 0.4) is 0 Å². The van der Waals surface area contributed by atoms with E-state index in [1.807, 2.05) is 42.5 Å². The van der Waals surface area contributed by atoms with Crippen LogP contribution in [0.25, 0.3) is 6.08 Å². The van der Waals surface area contributed by atoms with Crippen molar-refractivity contribution in [3.63, 3.8) is 0 Å². The van der Waals surface area contributed by atoms with Gasteiger partial charge in [-0.15, -0.1) is 0 Å². The molecule has 11 heteroatoms. The summed E-state index contributed by atoms with van der Waals surface area (Å²) in [5.74, 6) is 2.48. The van der Waals surface area contributed by atoms with E-state index in [0.717, 1.165) is 11.1 Å². The van der Waals surface area contributed by atoms with Crippen LogP contribution in [0.5, 0.6) is 28.7 Å². The van der Waals surface area contributed by atoms with Gasteiger partial charge in [0.1, 0.15) is 18.4 Å². The Balaban J connectivity index is 1.36. The monoisotopic (exact) mass is 614 g/mol. The summed E-state index contributed by atoms with van der Waals surface area (Å²) >= 11 is 1.24. The Morgan fingerprint density at radius 2 is 1.82 bits per heavy atom. The molecule has 0 aliphatic carbocycles. The van der Waals surface area contributed by atoms with Gasteiger partial charge < -0.3 is 28.4 Å². The van der Waals surface area contributed by atoms with Crippen LogP contribution in [0, 0.1) is 0 Å². The molecule has 44 heavy (non-hydrogen) atoms. The number of methoxy groups -OCH3 is 2. The Morgan fingerprint density at radius 3 is 2.61 bits per heavy atom. The molecule has 1 unspecified atom stereocenters. The largest absolute Gasteiger partial charge is 0.496 e. The summed E-state index contributed by atoms with van der Waals surface area (Å²) in [6.07, 6.45) is 1.77. The molecule has 2 aliphatic rings. The Kier molecular flexibility index (Phi) is 8.12. The number of aromatic nitrogens is 1. The fourth-order valence-corrected chi connectivity index (χ4v) is 6.26. The van der Waals surface area contributed by atoms with Gasteiger partial charge in [0, 0.05) is 5.56 Å². The van der Waals surface area contributed by atoms with Gasteiger partial charge in [-0.25, -0.2) is 9.79 Å². The second kappa shape index (κ2) is 12.3. The maximum atomic E-state index is 14.0. The minimum Gasteiger partial charge on any atom is -0.496 e. The third-order valence-electron chi connectivity index (χ3n) is 7.27. The van der Waals surface area contributed by atoms with Crippen molar-refractivity contribution in [3.05, 3.63) is 108 Å². The first-order valence-electron chi connectivity index (χ1n) is 13.9. The number of fused-ring (bicyclic) bond motifs is 2. The lowest BCUT2D eigenvalue weighted by atomic mass is 9.95. The minimum atomic E-state index is -0.773. The van der Waals surface area contributed by atoms with E-state index >= 15 is 0 Å². The Bertz CT molecular complexity index is 1960. The lowest BCUT2D eigenvalue weighted by Crippen LogP contribution is -2.40. The van der Waals surface area contributed by atoms with E-state index in [9.17, 15) is 9.59 Å². The Morgan fingerprint density at radius 1 is 1.02 bits per heavy atom. The summed E-state index contributed by atoms with van der Waals surface area (Å²) in [6, 6.07) is 17.7. The number of carbonyl (C=O) groups is 1. The van der Waals surface area contributed by atoms with Crippen LogP contribution in [0.1, 0.15) is 36.6 Å². The van der Waals surface area contributed by atoms with E-state index in [2.05, 4.69) is 4.99 Å². The number of thiazole rings is 1. The first-order valence-corrected chi connectivity index (χ1v) is 14.8. The number of para-hydroxylation sites is 1. The number of benzene rings is 3. The van der Waals surface area contributed by atoms with Gasteiger partial charge in [0.25, 0.3) is 5.56 Å². The zero-order valence-corrected chi connectivity index (χ0v) is 25.4. The fraction of sp³-hybridized carbons (Fsp3) is 0.242. The number of carbonyl (C=O) groups excluding carboxylic acids is 1. The number of hydrogen-bond donors (Lipinski definition) is 0. The fourth-order valence-electron chi connectivity index (χ4n) is 5.21. The SMILES string of the molecule is CCOC(=O)C1=C(C)N=c2sc(=Cc3ccc(OCc4ccc5c(c4)OCO5)c(OC)c3)c(=O)n2C1c1ccccc1OC. The molecule has 4 aromatic rings. The minimum absolute atomic E-state index is 0.191. The molecule has 0 spiro atoms. The van der Waals surface area contributed by atoms with Crippen molar-refractivity contribution < 1.29 is 33.2 Å². The number of allylic oxidation sites excluding steroid dienone is 1. The van der Waals surface area contributed by atoms with Crippen molar-refractivity contribution in [2.75, 3.05) is 27.6 Å². The summed E-state index contributed by atoms with van der Waals surface area (Å²) in [5.41, 5.74) is 2.80. The first kappa shape index (κ1) is 29.1. The van der Waals surface area contributed by atoms with Gasteiger partial charge in [-0.3, -0.25) is 9.36 Å². The van der Waals surface area contributed by atoms with Crippen molar-refractivity contribution in [2.45, 2.75) is 26.5 Å². The standard InChI is InChI=1S/C33H30N2O8S/c1-5-40-32(37)29-19(2)34-33-35(30(29)22-8-6-7-9-23(22)38-3)31(36)28(44-33)16-20-10-12-24(26(14-20)39-4)41-17-21-11-13-25-27(15-21)43-18-42-25/h6-16,30H,5,17-18H2,1-4H3. The van der Waals surface area contributed by atoms with Crippen molar-refractivity contribution >= 4 is 23.4 Å². The van der Waals surface area contributed by atoms with Gasteiger partial charge in [-0.2, -0.15) is 0 Å². The molecule has 0 fully saturated rings. The van der Waals surface area contributed by atoms with Crippen LogP contribution in [-0.4, -0.2) is 38.2 Å². The molecule has 0 radical (unpaired) electrons. The molecule has 3 heterocycles. The molecule has 226 valence electrons. The summed E-state index contributed by atoms with van der Waals surface area (Å²) < 4.78 is 35.5. The number of ether oxygens (including phenoxy) is 6. The predicted molar refractivity (Wildman–Crippen MR) is 163 cm³/mol. The van der Waals surface area contributed by atoms with Crippen LogP contribution in [0.15, 0.2) is 81.7 Å². The average Bonchev–Trinajstić information content (AvgIpc) is 3.63. The first-order chi connectivity index (χ1) is 21.4. The zero-order chi connectivity index (χ0) is 30.8. The van der Waals surface area contributed by atoms with Gasteiger partial charge in [-0.05, 0) is 61.4 Å². The van der Waals surface area contributed by atoms with Crippen LogP contribution in [0.4, 0.5) is 0 Å². The Labute approximate surface area is 257 Å². The van der Waals surface area contributed by atoms with Crippen molar-refractivity contribution in [1.29, 1.82) is 0 Å². The van der Waals surface area contributed by atoms with Crippen LogP contribution >= 0.6 is 11.3 Å². The molecule has 2 aliphatic heterocycles. The number of rotatable bonds is 9. The van der Waals surface area contributed by atoms with Gasteiger partial charge in [0.2, 0.25) is 6.79 Å². The number of esters is 1. The average molecular weight is 615 g/mol. The highest BCUT2D eigenvalue weighted by Crippen LogP contribution is 2.36. The van der Waals surface area contributed by atoms with Crippen molar-refractivity contribution in [2.24, 2.45) is 4.99 Å². The van der Waals surface area contributed by atoms with Crippen LogP contribution < -0.4 is 38.6 Å². The molecular weight excluding hydrogens is 584 g/mol. The molecule has 6 rings (SSSR count). The summed E-state index contributed by atoms with van der Waals surface area (Å²) in [7, 11) is 3.12. The second-order valence-electron chi connectivity index (χ2n) is 9.93. The van der Waals surface area contributed by atoms with Crippen molar-refractivity contribution in [1.82, 2.24) is 4.57 Å². The zero-order valence-electron chi connectivity index (χ0n) is 24.6.